The number of ether oxygens (including phenoxy) is 1. The fraction of sp³-hybridized carbons (Fsp3) is 0.0526. The van der Waals surface area contributed by atoms with E-state index in [9.17, 15) is 26.8 Å². The molecule has 0 aliphatic heterocycles. The maximum Gasteiger partial charge on any atom is 0.387 e. The Bertz CT molecular complexity index is 1150. The lowest BCUT2D eigenvalue weighted by atomic mass is 10.2. The molecule has 0 saturated carbocycles. The summed E-state index contributed by atoms with van der Waals surface area (Å²) in [6, 6.07) is 13.2. The number of anilines is 1. The predicted molar refractivity (Wildman–Crippen MR) is 108 cm³/mol. The van der Waals surface area contributed by atoms with Gasteiger partial charge in [-0.3, -0.25) is 9.52 Å². The van der Waals surface area contributed by atoms with E-state index in [0.717, 1.165) is 11.3 Å². The molecule has 8 nitrogen and oxygen atoms in total. The van der Waals surface area contributed by atoms with Gasteiger partial charge in [-0.15, -0.1) is 11.3 Å². The number of carbonyl (C=O) groups excluding carboxylic acids is 2. The van der Waals surface area contributed by atoms with E-state index in [1.807, 2.05) is 5.48 Å². The summed E-state index contributed by atoms with van der Waals surface area (Å²) in [4.78, 5) is 28.8. The zero-order chi connectivity index (χ0) is 22.4. The monoisotopic (exact) mass is 468 g/mol. The molecule has 0 radical (unpaired) electrons. The third-order valence-corrected chi connectivity index (χ3v) is 6.49. The lowest BCUT2D eigenvalue weighted by Gasteiger charge is -2.09. The van der Waals surface area contributed by atoms with Crippen LogP contribution in [0, 0.1) is 0 Å². The number of benzene rings is 2. The average molecular weight is 468 g/mol. The molecule has 0 fully saturated rings. The highest BCUT2D eigenvalue weighted by Crippen LogP contribution is 2.20. The SMILES string of the molecule is O=C(NOC(=O)c1ccc(NS(=O)(=O)c2cccs2)cc1)c1ccc(OC(F)F)cc1. The molecule has 2 aromatic carbocycles. The summed E-state index contributed by atoms with van der Waals surface area (Å²) in [7, 11) is -3.72. The van der Waals surface area contributed by atoms with E-state index in [1.54, 1.807) is 11.4 Å². The number of carbonyl (C=O) groups is 2. The van der Waals surface area contributed by atoms with Gasteiger partial charge < -0.3 is 9.57 Å². The van der Waals surface area contributed by atoms with Gasteiger partial charge in [0.05, 0.1) is 5.56 Å². The third kappa shape index (κ3) is 5.99. The van der Waals surface area contributed by atoms with Gasteiger partial charge in [-0.25, -0.2) is 13.2 Å². The Kier molecular flexibility index (Phi) is 6.82. The number of nitrogens with one attached hydrogen (secondary N) is 2. The Hall–Kier alpha value is -3.51. The van der Waals surface area contributed by atoms with E-state index < -0.39 is 28.5 Å². The number of alkyl halides is 2. The van der Waals surface area contributed by atoms with Crippen molar-refractivity contribution in [2.45, 2.75) is 10.8 Å². The Labute approximate surface area is 179 Å². The largest absolute Gasteiger partial charge is 0.435 e. The first-order valence-electron chi connectivity index (χ1n) is 8.47. The van der Waals surface area contributed by atoms with Crippen molar-refractivity contribution in [1.82, 2.24) is 5.48 Å². The van der Waals surface area contributed by atoms with Crippen molar-refractivity contribution in [2.24, 2.45) is 0 Å². The van der Waals surface area contributed by atoms with Crippen molar-refractivity contribution in [2.75, 3.05) is 4.72 Å². The Balaban J connectivity index is 1.55. The molecular formula is C19H14F2N2O6S2. The number of thiophene rings is 1. The van der Waals surface area contributed by atoms with Crippen molar-refractivity contribution in [3.05, 3.63) is 77.2 Å². The summed E-state index contributed by atoms with van der Waals surface area (Å²) < 4.78 is 55.3. The molecule has 1 aromatic heterocycles. The first-order valence-corrected chi connectivity index (χ1v) is 10.8. The fourth-order valence-electron chi connectivity index (χ4n) is 2.29. The number of amides is 1. The summed E-state index contributed by atoms with van der Waals surface area (Å²) >= 11 is 1.06. The maximum absolute atomic E-state index is 12.2. The average Bonchev–Trinajstić information content (AvgIpc) is 3.28. The lowest BCUT2D eigenvalue weighted by Crippen LogP contribution is -2.27. The van der Waals surface area contributed by atoms with Crippen LogP contribution in [0.15, 0.2) is 70.3 Å². The van der Waals surface area contributed by atoms with Crippen LogP contribution in [-0.2, 0) is 14.9 Å². The van der Waals surface area contributed by atoms with E-state index >= 15 is 0 Å². The number of rotatable bonds is 7. The molecule has 0 atom stereocenters. The van der Waals surface area contributed by atoms with Crippen LogP contribution in [0.25, 0.3) is 0 Å². The molecule has 0 spiro atoms. The molecule has 0 unspecified atom stereocenters. The molecule has 3 rings (SSSR count). The minimum atomic E-state index is -3.72. The smallest absolute Gasteiger partial charge is 0.387 e. The molecule has 0 saturated heterocycles. The molecule has 0 aliphatic carbocycles. The Morgan fingerprint density at radius 1 is 0.935 bits per heavy atom. The van der Waals surface area contributed by atoms with Crippen molar-refractivity contribution < 1.29 is 36.4 Å². The number of hydrogen-bond donors (Lipinski definition) is 2. The van der Waals surface area contributed by atoms with E-state index in [0.29, 0.717) is 0 Å². The van der Waals surface area contributed by atoms with Crippen LogP contribution in [-0.4, -0.2) is 26.9 Å². The Morgan fingerprint density at radius 3 is 2.16 bits per heavy atom. The van der Waals surface area contributed by atoms with E-state index in [1.165, 1.54) is 54.6 Å². The van der Waals surface area contributed by atoms with Crippen molar-refractivity contribution >= 4 is 38.9 Å². The summed E-state index contributed by atoms with van der Waals surface area (Å²) in [6.07, 6.45) is 0. The van der Waals surface area contributed by atoms with Crippen LogP contribution in [0.5, 0.6) is 5.75 Å². The van der Waals surface area contributed by atoms with Crippen LogP contribution >= 0.6 is 11.3 Å². The molecule has 1 heterocycles. The zero-order valence-corrected chi connectivity index (χ0v) is 17.1. The number of sulfonamides is 1. The molecule has 2 N–H and O–H groups in total. The van der Waals surface area contributed by atoms with Gasteiger partial charge >= 0.3 is 12.6 Å². The topological polar surface area (TPSA) is 111 Å². The summed E-state index contributed by atoms with van der Waals surface area (Å²) in [5.74, 6) is -1.80. The maximum atomic E-state index is 12.2. The minimum Gasteiger partial charge on any atom is -0.435 e. The molecule has 162 valence electrons. The molecule has 12 heteroatoms. The van der Waals surface area contributed by atoms with Crippen LogP contribution in [0.1, 0.15) is 20.7 Å². The summed E-state index contributed by atoms with van der Waals surface area (Å²) in [6.45, 7) is -2.99. The minimum absolute atomic E-state index is 0.0488. The molecule has 0 bridgehead atoms. The molecule has 3 aromatic rings. The van der Waals surface area contributed by atoms with Gasteiger partial charge in [0.2, 0.25) is 0 Å². The fourth-order valence-corrected chi connectivity index (χ4v) is 4.35. The second kappa shape index (κ2) is 9.53. The van der Waals surface area contributed by atoms with Crippen LogP contribution < -0.4 is 14.9 Å². The van der Waals surface area contributed by atoms with Crippen LogP contribution in [0.3, 0.4) is 0 Å². The van der Waals surface area contributed by atoms with Crippen molar-refractivity contribution in [1.29, 1.82) is 0 Å². The number of hydrogen-bond acceptors (Lipinski definition) is 7. The van der Waals surface area contributed by atoms with E-state index in [4.69, 9.17) is 4.84 Å². The molecule has 31 heavy (non-hydrogen) atoms. The number of halogens is 2. The van der Waals surface area contributed by atoms with Gasteiger partial charge in [0.1, 0.15) is 9.96 Å². The van der Waals surface area contributed by atoms with Crippen molar-refractivity contribution in [3.63, 3.8) is 0 Å². The summed E-state index contributed by atoms with van der Waals surface area (Å²) in [5, 5.41) is 1.63. The highest BCUT2D eigenvalue weighted by molar-refractivity contribution is 7.94. The molecule has 1 amide bonds. The first-order chi connectivity index (χ1) is 14.7. The first kappa shape index (κ1) is 22.2. The van der Waals surface area contributed by atoms with Gasteiger partial charge in [-0.2, -0.15) is 14.3 Å². The lowest BCUT2D eigenvalue weighted by molar-refractivity contribution is -0.0498. The van der Waals surface area contributed by atoms with Gasteiger partial charge in [-0.1, -0.05) is 6.07 Å². The normalized spacial score (nSPS) is 11.1. The van der Waals surface area contributed by atoms with Gasteiger partial charge in [-0.05, 0) is 60.0 Å². The predicted octanol–water partition coefficient (Wildman–Crippen LogP) is 3.65. The summed E-state index contributed by atoms with van der Waals surface area (Å²) in [5.41, 5.74) is 2.28. The highest BCUT2D eigenvalue weighted by atomic mass is 32.2. The van der Waals surface area contributed by atoms with Gasteiger partial charge in [0.25, 0.3) is 15.9 Å². The highest BCUT2D eigenvalue weighted by Gasteiger charge is 2.16. The standard InChI is InChI=1S/C19H14F2N2O6S2/c20-19(21)28-15-9-5-12(6-10-15)17(24)22-29-18(25)13-3-7-14(8-4-13)23-31(26,27)16-2-1-11-30-16/h1-11,19,23H,(H,22,24). The quantitative estimate of drug-likeness (QED) is 0.512. The van der Waals surface area contributed by atoms with Crippen LogP contribution in [0.4, 0.5) is 14.5 Å². The van der Waals surface area contributed by atoms with Crippen LogP contribution in [0.2, 0.25) is 0 Å². The van der Waals surface area contributed by atoms with Gasteiger partial charge in [0.15, 0.2) is 0 Å². The Morgan fingerprint density at radius 2 is 1.58 bits per heavy atom. The third-order valence-electron chi connectivity index (χ3n) is 3.71. The van der Waals surface area contributed by atoms with E-state index in [2.05, 4.69) is 9.46 Å². The second-order valence-electron chi connectivity index (χ2n) is 5.84. The molecular weight excluding hydrogens is 454 g/mol. The van der Waals surface area contributed by atoms with Crippen molar-refractivity contribution in [3.8, 4) is 5.75 Å². The van der Waals surface area contributed by atoms with Gasteiger partial charge in [0, 0.05) is 11.3 Å². The second-order valence-corrected chi connectivity index (χ2v) is 8.70. The number of hydroxylamine groups is 1. The zero-order valence-electron chi connectivity index (χ0n) is 15.5. The van der Waals surface area contributed by atoms with E-state index in [-0.39, 0.29) is 26.8 Å². The molecule has 0 aliphatic rings.